The minimum absolute atomic E-state index is 0.220. The number of nitriles is 1. The minimum atomic E-state index is -0.386. The van der Waals surface area contributed by atoms with Gasteiger partial charge in [-0.1, -0.05) is 30.2 Å². The van der Waals surface area contributed by atoms with Gasteiger partial charge < -0.3 is 5.32 Å². The molecule has 0 aliphatic heterocycles. The lowest BCUT2D eigenvalue weighted by atomic mass is 9.85. The molecule has 1 amide bonds. The lowest BCUT2D eigenvalue weighted by Crippen LogP contribution is -2.15. The van der Waals surface area contributed by atoms with Crippen molar-refractivity contribution in [3.63, 3.8) is 0 Å². The minimum Gasteiger partial charge on any atom is -0.356 e. The molecule has 0 radical (unpaired) electrons. The normalized spacial score (nSPS) is 10.7. The SMILES string of the molecule is C#CC(C)(C)c1ccc(C(=O)Nc2nc(-c3cccc(Nc4ccc(C#N)cc4)c3)cs2)cc1. The largest absolute Gasteiger partial charge is 0.356 e. The summed E-state index contributed by atoms with van der Waals surface area (Å²) >= 11 is 1.37. The highest BCUT2D eigenvalue weighted by Crippen LogP contribution is 2.28. The molecule has 0 atom stereocenters. The van der Waals surface area contributed by atoms with Crippen LogP contribution in [0.3, 0.4) is 0 Å². The fourth-order valence-corrected chi connectivity index (χ4v) is 4.02. The van der Waals surface area contributed by atoms with Gasteiger partial charge >= 0.3 is 0 Å². The number of amides is 1. The van der Waals surface area contributed by atoms with Gasteiger partial charge in [-0.05, 0) is 67.9 Å². The molecule has 0 spiro atoms. The van der Waals surface area contributed by atoms with Crippen molar-refractivity contribution in [1.29, 1.82) is 5.26 Å². The first-order chi connectivity index (χ1) is 16.4. The summed E-state index contributed by atoms with van der Waals surface area (Å²) in [7, 11) is 0. The molecule has 34 heavy (non-hydrogen) atoms. The number of nitrogens with zero attached hydrogens (tertiary/aromatic N) is 2. The van der Waals surface area contributed by atoms with E-state index in [1.807, 2.05) is 67.8 Å². The molecule has 4 rings (SSSR count). The van der Waals surface area contributed by atoms with E-state index in [9.17, 15) is 4.79 Å². The molecule has 3 aromatic carbocycles. The van der Waals surface area contributed by atoms with Crippen molar-refractivity contribution in [2.45, 2.75) is 19.3 Å². The van der Waals surface area contributed by atoms with Crippen molar-refractivity contribution in [2.24, 2.45) is 0 Å². The van der Waals surface area contributed by atoms with E-state index >= 15 is 0 Å². The summed E-state index contributed by atoms with van der Waals surface area (Å²) in [5, 5.41) is 17.6. The van der Waals surface area contributed by atoms with Crippen molar-refractivity contribution in [3.05, 3.63) is 94.9 Å². The van der Waals surface area contributed by atoms with Gasteiger partial charge in [0.25, 0.3) is 5.91 Å². The summed E-state index contributed by atoms with van der Waals surface area (Å²) in [5.41, 5.74) is 5.24. The van der Waals surface area contributed by atoms with Crippen molar-refractivity contribution in [2.75, 3.05) is 10.6 Å². The average Bonchev–Trinajstić information content (AvgIpc) is 3.33. The van der Waals surface area contributed by atoms with E-state index in [-0.39, 0.29) is 11.3 Å². The van der Waals surface area contributed by atoms with Crippen molar-refractivity contribution in [1.82, 2.24) is 4.98 Å². The first kappa shape index (κ1) is 22.8. The molecule has 4 aromatic rings. The number of benzene rings is 3. The van der Waals surface area contributed by atoms with E-state index in [0.717, 1.165) is 28.2 Å². The molecular weight excluding hydrogens is 440 g/mol. The maximum Gasteiger partial charge on any atom is 0.257 e. The lowest BCUT2D eigenvalue weighted by molar-refractivity contribution is 0.102. The number of terminal acetylenes is 1. The highest BCUT2D eigenvalue weighted by Gasteiger charge is 2.18. The average molecular weight is 463 g/mol. The molecule has 6 heteroatoms. The number of aromatic nitrogens is 1. The van der Waals surface area contributed by atoms with Gasteiger partial charge in [-0.15, -0.1) is 17.8 Å². The van der Waals surface area contributed by atoms with E-state index in [1.54, 1.807) is 24.3 Å². The Morgan fingerprint density at radius 2 is 1.76 bits per heavy atom. The smallest absolute Gasteiger partial charge is 0.257 e. The maximum atomic E-state index is 12.7. The number of rotatable bonds is 6. The summed E-state index contributed by atoms with van der Waals surface area (Å²) in [4.78, 5) is 17.3. The Morgan fingerprint density at radius 1 is 1.03 bits per heavy atom. The predicted molar refractivity (Wildman–Crippen MR) is 138 cm³/mol. The van der Waals surface area contributed by atoms with Crippen LogP contribution in [0.1, 0.15) is 35.3 Å². The molecule has 0 fully saturated rings. The Kier molecular flexibility index (Phi) is 6.45. The Bertz CT molecular complexity index is 1400. The van der Waals surface area contributed by atoms with Gasteiger partial charge in [0.2, 0.25) is 0 Å². The molecular formula is C28H22N4OS. The van der Waals surface area contributed by atoms with Crippen LogP contribution < -0.4 is 10.6 Å². The molecule has 1 aromatic heterocycles. The Balaban J connectivity index is 1.45. The summed E-state index contributed by atoms with van der Waals surface area (Å²) in [6.45, 7) is 3.93. The van der Waals surface area contributed by atoms with E-state index in [2.05, 4.69) is 27.6 Å². The fraction of sp³-hybridized carbons (Fsp3) is 0.107. The zero-order valence-electron chi connectivity index (χ0n) is 18.8. The zero-order valence-corrected chi connectivity index (χ0v) is 19.6. The van der Waals surface area contributed by atoms with Crippen LogP contribution in [0, 0.1) is 23.7 Å². The van der Waals surface area contributed by atoms with E-state index in [0.29, 0.717) is 16.3 Å². The summed E-state index contributed by atoms with van der Waals surface area (Å²) in [6.07, 6.45) is 5.60. The number of hydrogen-bond donors (Lipinski definition) is 2. The maximum absolute atomic E-state index is 12.7. The summed E-state index contributed by atoms with van der Waals surface area (Å²) in [6, 6.07) is 24.6. The summed E-state index contributed by atoms with van der Waals surface area (Å²) < 4.78 is 0. The number of nitrogens with one attached hydrogen (secondary N) is 2. The zero-order chi connectivity index (χ0) is 24.1. The third-order valence-electron chi connectivity index (χ3n) is 5.42. The van der Waals surface area contributed by atoms with Crippen LogP contribution in [0.25, 0.3) is 11.3 Å². The Morgan fingerprint density at radius 3 is 2.44 bits per heavy atom. The summed E-state index contributed by atoms with van der Waals surface area (Å²) in [5.74, 6) is 2.54. The molecule has 0 saturated heterocycles. The number of hydrogen-bond acceptors (Lipinski definition) is 5. The van der Waals surface area contributed by atoms with Crippen LogP contribution in [-0.2, 0) is 5.41 Å². The number of thiazole rings is 1. The topological polar surface area (TPSA) is 77.8 Å². The van der Waals surface area contributed by atoms with Gasteiger partial charge in [0.05, 0.1) is 22.7 Å². The first-order valence-corrected chi connectivity index (χ1v) is 11.5. The van der Waals surface area contributed by atoms with Crippen LogP contribution in [0.4, 0.5) is 16.5 Å². The standard InChI is InChI=1S/C28H22N4OS/c1-4-28(2,3)22-12-10-20(11-13-22)26(33)32-27-31-25(18-34-27)21-6-5-7-24(16-21)30-23-14-8-19(17-29)9-15-23/h1,5-16,18,30H,2-3H3,(H,31,32,33). The molecule has 0 aliphatic carbocycles. The fourth-order valence-electron chi connectivity index (χ4n) is 3.31. The third kappa shape index (κ3) is 5.15. The number of carbonyl (C=O) groups excluding carboxylic acids is 1. The molecule has 0 aliphatic rings. The van der Waals surface area contributed by atoms with Crippen molar-refractivity contribution in [3.8, 4) is 29.7 Å². The Labute approximate surface area is 203 Å². The molecule has 2 N–H and O–H groups in total. The van der Waals surface area contributed by atoms with E-state index < -0.39 is 0 Å². The lowest BCUT2D eigenvalue weighted by Gasteiger charge is -2.18. The molecule has 0 bridgehead atoms. The van der Waals surface area contributed by atoms with Gasteiger partial charge in [-0.2, -0.15) is 5.26 Å². The van der Waals surface area contributed by atoms with Crippen LogP contribution in [0.5, 0.6) is 0 Å². The van der Waals surface area contributed by atoms with Crippen LogP contribution in [0.15, 0.2) is 78.2 Å². The van der Waals surface area contributed by atoms with Gasteiger partial charge in [-0.3, -0.25) is 10.1 Å². The first-order valence-electron chi connectivity index (χ1n) is 10.6. The molecule has 0 unspecified atom stereocenters. The number of anilines is 3. The Hall–Kier alpha value is -4.39. The second-order valence-corrected chi connectivity index (χ2v) is 9.09. The second kappa shape index (κ2) is 9.62. The van der Waals surface area contributed by atoms with E-state index in [1.165, 1.54) is 11.3 Å². The third-order valence-corrected chi connectivity index (χ3v) is 6.17. The monoisotopic (exact) mass is 462 g/mol. The van der Waals surface area contributed by atoms with Gasteiger partial charge in [0, 0.05) is 27.9 Å². The number of carbonyl (C=O) groups is 1. The van der Waals surface area contributed by atoms with Crippen LogP contribution in [0.2, 0.25) is 0 Å². The quantitative estimate of drug-likeness (QED) is 0.317. The second-order valence-electron chi connectivity index (χ2n) is 8.23. The van der Waals surface area contributed by atoms with Crippen LogP contribution >= 0.6 is 11.3 Å². The highest BCUT2D eigenvalue weighted by atomic mass is 32.1. The van der Waals surface area contributed by atoms with Crippen molar-refractivity contribution >= 4 is 33.8 Å². The van der Waals surface area contributed by atoms with Crippen LogP contribution in [-0.4, -0.2) is 10.9 Å². The highest BCUT2D eigenvalue weighted by molar-refractivity contribution is 7.14. The van der Waals surface area contributed by atoms with E-state index in [4.69, 9.17) is 11.7 Å². The van der Waals surface area contributed by atoms with Gasteiger partial charge in [0.1, 0.15) is 0 Å². The molecule has 166 valence electrons. The molecule has 0 saturated carbocycles. The predicted octanol–water partition coefficient (Wildman–Crippen LogP) is 6.59. The molecule has 5 nitrogen and oxygen atoms in total. The molecule has 1 heterocycles. The van der Waals surface area contributed by atoms with Gasteiger partial charge in [0.15, 0.2) is 5.13 Å². The van der Waals surface area contributed by atoms with Crippen molar-refractivity contribution < 1.29 is 4.79 Å². The van der Waals surface area contributed by atoms with Gasteiger partial charge in [-0.25, -0.2) is 4.98 Å².